The number of phenolic OH excluding ortho intramolecular Hbond substituents is 1. The first-order valence-electron chi connectivity index (χ1n) is 9.08. The van der Waals surface area contributed by atoms with Gasteiger partial charge in [-0.1, -0.05) is 6.07 Å². The fraction of sp³-hybridized carbons (Fsp3) is 0.381. The molecular weight excluding hydrogens is 364 g/mol. The molecule has 7 nitrogen and oxygen atoms in total. The lowest BCUT2D eigenvalue weighted by atomic mass is 9.85. The molecule has 2 heterocycles. The van der Waals surface area contributed by atoms with Crippen LogP contribution in [0.3, 0.4) is 0 Å². The van der Waals surface area contributed by atoms with E-state index in [2.05, 4.69) is 0 Å². The molecule has 2 atom stereocenters. The number of fused-ring (bicyclic) bond motifs is 1. The second kappa shape index (κ2) is 7.50. The molecule has 2 aliphatic rings. The van der Waals surface area contributed by atoms with Crippen LogP contribution in [0.15, 0.2) is 30.3 Å². The first-order valence-corrected chi connectivity index (χ1v) is 9.08. The van der Waals surface area contributed by atoms with Crippen molar-refractivity contribution >= 4 is 5.97 Å². The van der Waals surface area contributed by atoms with Crippen LogP contribution in [0, 0.1) is 11.8 Å². The second-order valence-corrected chi connectivity index (χ2v) is 6.94. The molecule has 0 unspecified atom stereocenters. The number of phenols is 1. The van der Waals surface area contributed by atoms with E-state index in [0.717, 1.165) is 22.6 Å². The topological polar surface area (TPSA) is 83.5 Å². The number of benzene rings is 2. The van der Waals surface area contributed by atoms with E-state index in [9.17, 15) is 9.90 Å². The summed E-state index contributed by atoms with van der Waals surface area (Å²) in [6.45, 7) is 0.612. The van der Waals surface area contributed by atoms with Crippen LogP contribution in [0.25, 0.3) is 0 Å². The number of carbonyl (C=O) groups excluding carboxylic acids is 1. The van der Waals surface area contributed by atoms with E-state index >= 15 is 0 Å². The van der Waals surface area contributed by atoms with Gasteiger partial charge < -0.3 is 28.8 Å². The summed E-state index contributed by atoms with van der Waals surface area (Å²) in [6.07, 6.45) is 1.17. The van der Waals surface area contributed by atoms with Gasteiger partial charge in [0, 0.05) is 5.92 Å². The van der Waals surface area contributed by atoms with Gasteiger partial charge in [0.05, 0.1) is 26.7 Å². The third-order valence-corrected chi connectivity index (χ3v) is 5.24. The second-order valence-electron chi connectivity index (χ2n) is 6.94. The summed E-state index contributed by atoms with van der Waals surface area (Å²) in [5.74, 6) is 1.58. The maximum absolute atomic E-state index is 12.4. The Labute approximate surface area is 162 Å². The van der Waals surface area contributed by atoms with Gasteiger partial charge in [0.25, 0.3) is 0 Å². The van der Waals surface area contributed by atoms with Crippen molar-refractivity contribution in [2.75, 3.05) is 27.6 Å². The molecule has 0 spiro atoms. The summed E-state index contributed by atoms with van der Waals surface area (Å²) in [6, 6.07) is 9.27. The fourth-order valence-electron chi connectivity index (χ4n) is 3.75. The lowest BCUT2D eigenvalue weighted by Crippen LogP contribution is -2.20. The summed E-state index contributed by atoms with van der Waals surface area (Å²) in [4.78, 5) is 12.4. The van der Waals surface area contributed by atoms with Crippen molar-refractivity contribution in [1.29, 1.82) is 0 Å². The minimum atomic E-state index is -0.288. The highest BCUT2D eigenvalue weighted by molar-refractivity contribution is 5.75. The maximum Gasteiger partial charge on any atom is 0.309 e. The van der Waals surface area contributed by atoms with Crippen LogP contribution in [-0.2, 0) is 22.4 Å². The minimum Gasteiger partial charge on any atom is -0.502 e. The van der Waals surface area contributed by atoms with Gasteiger partial charge in [-0.05, 0) is 48.2 Å². The monoisotopic (exact) mass is 386 g/mol. The van der Waals surface area contributed by atoms with E-state index in [1.54, 1.807) is 12.1 Å². The molecule has 0 aromatic heterocycles. The van der Waals surface area contributed by atoms with Gasteiger partial charge in [0.15, 0.2) is 23.0 Å². The highest BCUT2D eigenvalue weighted by atomic mass is 16.7. The van der Waals surface area contributed by atoms with Crippen molar-refractivity contribution in [2.24, 2.45) is 11.8 Å². The average Bonchev–Trinajstić information content (AvgIpc) is 3.30. The quantitative estimate of drug-likeness (QED) is 0.764. The molecule has 2 aliphatic heterocycles. The SMILES string of the molecule is COc1cc(C[C@H]2C(=O)OC[C@@H]2Cc2ccc3c(c2)OCO3)cc(OC)c1O. The number of hydrogen-bond acceptors (Lipinski definition) is 7. The molecule has 0 radical (unpaired) electrons. The predicted molar refractivity (Wildman–Crippen MR) is 99.1 cm³/mol. The number of aromatic hydroxyl groups is 1. The number of carbonyl (C=O) groups is 1. The smallest absolute Gasteiger partial charge is 0.309 e. The first kappa shape index (κ1) is 18.3. The van der Waals surface area contributed by atoms with E-state index in [4.69, 9.17) is 23.7 Å². The van der Waals surface area contributed by atoms with Gasteiger partial charge in [-0.15, -0.1) is 0 Å². The molecule has 1 saturated heterocycles. The van der Waals surface area contributed by atoms with E-state index in [-0.39, 0.29) is 30.3 Å². The van der Waals surface area contributed by atoms with Crippen LogP contribution in [-0.4, -0.2) is 38.7 Å². The molecule has 0 saturated carbocycles. The van der Waals surface area contributed by atoms with Crippen LogP contribution in [0.4, 0.5) is 0 Å². The Balaban J connectivity index is 1.54. The van der Waals surface area contributed by atoms with Gasteiger partial charge in [0.2, 0.25) is 12.5 Å². The molecular formula is C21H22O7. The Hall–Kier alpha value is -3.09. The number of hydrogen-bond donors (Lipinski definition) is 1. The van der Waals surface area contributed by atoms with Crippen molar-refractivity contribution in [3.63, 3.8) is 0 Å². The highest BCUT2D eigenvalue weighted by Gasteiger charge is 2.37. The molecule has 0 amide bonds. The summed E-state index contributed by atoms with van der Waals surface area (Å²) >= 11 is 0. The van der Waals surface area contributed by atoms with Crippen molar-refractivity contribution in [1.82, 2.24) is 0 Å². The maximum atomic E-state index is 12.4. The lowest BCUT2D eigenvalue weighted by Gasteiger charge is -2.17. The standard InChI is InChI=1S/C21H22O7/c1-24-18-8-13(9-19(25-2)20(18)22)6-15-14(10-26-21(15)23)5-12-3-4-16-17(7-12)28-11-27-16/h3-4,7-9,14-15,22H,5-6,10-11H2,1-2H3/t14-,15+/m0/s1. The zero-order valence-electron chi connectivity index (χ0n) is 15.8. The number of esters is 1. The molecule has 0 bridgehead atoms. The first-order chi connectivity index (χ1) is 13.6. The molecule has 28 heavy (non-hydrogen) atoms. The van der Waals surface area contributed by atoms with Crippen LogP contribution in [0.2, 0.25) is 0 Å². The van der Waals surface area contributed by atoms with Crippen LogP contribution >= 0.6 is 0 Å². The van der Waals surface area contributed by atoms with Crippen LogP contribution < -0.4 is 18.9 Å². The predicted octanol–water partition coefficient (Wildman–Crippen LogP) is 2.71. The molecule has 1 N–H and O–H groups in total. The van der Waals surface area contributed by atoms with Gasteiger partial charge in [0.1, 0.15) is 0 Å². The summed E-state index contributed by atoms with van der Waals surface area (Å²) < 4.78 is 26.6. The minimum absolute atomic E-state index is 0.0404. The third kappa shape index (κ3) is 3.40. The summed E-state index contributed by atoms with van der Waals surface area (Å²) in [5.41, 5.74) is 1.91. The number of rotatable bonds is 6. The molecule has 4 rings (SSSR count). The average molecular weight is 386 g/mol. The summed E-state index contributed by atoms with van der Waals surface area (Å²) in [7, 11) is 2.95. The van der Waals surface area contributed by atoms with E-state index in [1.807, 2.05) is 18.2 Å². The van der Waals surface area contributed by atoms with Crippen molar-refractivity contribution in [3.05, 3.63) is 41.5 Å². The molecule has 2 aromatic carbocycles. The van der Waals surface area contributed by atoms with Gasteiger partial charge >= 0.3 is 5.97 Å². The Morgan fingerprint density at radius 1 is 0.964 bits per heavy atom. The highest BCUT2D eigenvalue weighted by Crippen LogP contribution is 2.39. The zero-order chi connectivity index (χ0) is 19.7. The largest absolute Gasteiger partial charge is 0.502 e. The lowest BCUT2D eigenvalue weighted by molar-refractivity contribution is -0.141. The van der Waals surface area contributed by atoms with E-state index < -0.39 is 0 Å². The Bertz CT molecular complexity index is 867. The van der Waals surface area contributed by atoms with Crippen molar-refractivity contribution in [2.45, 2.75) is 12.8 Å². The fourth-order valence-corrected chi connectivity index (χ4v) is 3.75. The number of methoxy groups -OCH3 is 2. The molecule has 2 aromatic rings. The zero-order valence-corrected chi connectivity index (χ0v) is 15.8. The normalized spacial score (nSPS) is 20.1. The van der Waals surface area contributed by atoms with E-state index in [0.29, 0.717) is 30.9 Å². The molecule has 7 heteroatoms. The molecule has 148 valence electrons. The number of ether oxygens (including phenoxy) is 5. The molecule has 0 aliphatic carbocycles. The number of cyclic esters (lactones) is 1. The van der Waals surface area contributed by atoms with Crippen LogP contribution in [0.1, 0.15) is 11.1 Å². The molecule has 1 fully saturated rings. The summed E-state index contributed by atoms with van der Waals surface area (Å²) in [5, 5.41) is 10.1. The Morgan fingerprint density at radius 3 is 2.39 bits per heavy atom. The third-order valence-electron chi connectivity index (χ3n) is 5.24. The van der Waals surface area contributed by atoms with Crippen LogP contribution in [0.5, 0.6) is 28.7 Å². The Morgan fingerprint density at radius 2 is 1.68 bits per heavy atom. The van der Waals surface area contributed by atoms with E-state index in [1.165, 1.54) is 14.2 Å². The van der Waals surface area contributed by atoms with Crippen molar-refractivity contribution in [3.8, 4) is 28.7 Å². The van der Waals surface area contributed by atoms with Gasteiger partial charge in [-0.2, -0.15) is 0 Å². The van der Waals surface area contributed by atoms with Crippen molar-refractivity contribution < 1.29 is 33.6 Å². The van der Waals surface area contributed by atoms with Gasteiger partial charge in [-0.25, -0.2) is 0 Å². The van der Waals surface area contributed by atoms with Gasteiger partial charge in [-0.3, -0.25) is 4.79 Å². The Kier molecular flexibility index (Phi) is 4.90.